The van der Waals surface area contributed by atoms with Crippen molar-refractivity contribution >= 4 is 0 Å². The molecule has 1 aromatic heterocycles. The summed E-state index contributed by atoms with van der Waals surface area (Å²) < 4.78 is 0. The van der Waals surface area contributed by atoms with E-state index in [1.54, 1.807) is 0 Å². The lowest BCUT2D eigenvalue weighted by atomic mass is 9.85. The molecule has 1 fully saturated rings. The van der Waals surface area contributed by atoms with Gasteiger partial charge in [-0.05, 0) is 30.9 Å². The van der Waals surface area contributed by atoms with E-state index < -0.39 is 0 Å². The molecule has 0 aliphatic heterocycles. The van der Waals surface area contributed by atoms with Crippen molar-refractivity contribution in [2.75, 3.05) is 0 Å². The third-order valence-corrected chi connectivity index (χ3v) is 3.56. The minimum Gasteiger partial charge on any atom is -0.260 e. The quantitative estimate of drug-likeness (QED) is 0.756. The van der Waals surface area contributed by atoms with E-state index in [4.69, 9.17) is 5.26 Å². The monoisotopic (exact) mass is 214 g/mol. The molecule has 0 bridgehead atoms. The maximum Gasteiger partial charge on any atom is 0.101 e. The largest absolute Gasteiger partial charge is 0.260 e. The van der Waals surface area contributed by atoms with Gasteiger partial charge in [0.05, 0.1) is 11.3 Å². The molecule has 1 heterocycles. The van der Waals surface area contributed by atoms with Crippen molar-refractivity contribution in [3.05, 3.63) is 29.1 Å². The van der Waals surface area contributed by atoms with Gasteiger partial charge in [0.25, 0.3) is 0 Å². The Bertz CT molecular complexity index is 398. The number of aryl methyl sites for hydroxylation is 1. The Hall–Kier alpha value is -1.36. The van der Waals surface area contributed by atoms with Gasteiger partial charge in [-0.15, -0.1) is 0 Å². The van der Waals surface area contributed by atoms with Crippen LogP contribution in [-0.2, 0) is 6.42 Å². The van der Waals surface area contributed by atoms with Crippen molar-refractivity contribution in [3.8, 4) is 6.07 Å². The Morgan fingerprint density at radius 3 is 2.81 bits per heavy atom. The van der Waals surface area contributed by atoms with Gasteiger partial charge in [0.1, 0.15) is 6.07 Å². The molecule has 2 rings (SSSR count). The first-order chi connectivity index (χ1) is 7.81. The second-order valence-electron chi connectivity index (χ2n) is 4.77. The molecule has 1 saturated carbocycles. The highest BCUT2D eigenvalue weighted by Crippen LogP contribution is 2.27. The van der Waals surface area contributed by atoms with Crippen LogP contribution in [0.3, 0.4) is 0 Å². The van der Waals surface area contributed by atoms with E-state index in [9.17, 15) is 0 Å². The summed E-state index contributed by atoms with van der Waals surface area (Å²) in [6.45, 7) is 1.99. The molecule has 0 saturated heterocycles. The molecule has 1 aliphatic rings. The Balaban J connectivity index is 2.14. The number of pyridine rings is 1. The van der Waals surface area contributed by atoms with Crippen LogP contribution in [0, 0.1) is 24.2 Å². The molecular formula is C14H18N2. The van der Waals surface area contributed by atoms with Gasteiger partial charge in [-0.2, -0.15) is 5.26 Å². The standard InChI is InChI=1S/C14H18N2/c1-11-7-8-16-14(13(11)10-15)9-12-5-3-2-4-6-12/h7-8,12H,2-6,9H2,1H3. The highest BCUT2D eigenvalue weighted by Gasteiger charge is 2.16. The molecule has 1 aromatic rings. The molecule has 0 aromatic carbocycles. The molecule has 84 valence electrons. The van der Waals surface area contributed by atoms with Gasteiger partial charge in [0.15, 0.2) is 0 Å². The van der Waals surface area contributed by atoms with Crippen LogP contribution in [0.4, 0.5) is 0 Å². The number of aromatic nitrogens is 1. The number of hydrogen-bond donors (Lipinski definition) is 0. The van der Waals surface area contributed by atoms with E-state index in [0.29, 0.717) is 0 Å². The normalized spacial score (nSPS) is 17.0. The van der Waals surface area contributed by atoms with Crippen molar-refractivity contribution in [1.82, 2.24) is 4.98 Å². The molecule has 2 nitrogen and oxygen atoms in total. The summed E-state index contributed by atoms with van der Waals surface area (Å²) in [5.74, 6) is 0.746. The molecule has 0 unspecified atom stereocenters. The maximum absolute atomic E-state index is 9.14. The lowest BCUT2D eigenvalue weighted by Gasteiger charge is -2.21. The van der Waals surface area contributed by atoms with Crippen molar-refractivity contribution in [2.45, 2.75) is 45.4 Å². The van der Waals surface area contributed by atoms with E-state index in [2.05, 4.69) is 11.1 Å². The first-order valence-electron chi connectivity index (χ1n) is 6.16. The first-order valence-corrected chi connectivity index (χ1v) is 6.16. The van der Waals surface area contributed by atoms with Crippen LogP contribution < -0.4 is 0 Å². The van der Waals surface area contributed by atoms with Gasteiger partial charge in [0.2, 0.25) is 0 Å². The lowest BCUT2D eigenvalue weighted by Crippen LogP contribution is -2.11. The van der Waals surface area contributed by atoms with Gasteiger partial charge in [-0.25, -0.2) is 0 Å². The molecular weight excluding hydrogens is 196 g/mol. The van der Waals surface area contributed by atoms with Crippen molar-refractivity contribution in [2.24, 2.45) is 5.92 Å². The van der Waals surface area contributed by atoms with Crippen LogP contribution in [0.1, 0.15) is 48.9 Å². The Kier molecular flexibility index (Phi) is 3.56. The summed E-state index contributed by atoms with van der Waals surface area (Å²) in [5.41, 5.74) is 2.87. The molecule has 0 amide bonds. The zero-order chi connectivity index (χ0) is 11.4. The number of hydrogen-bond acceptors (Lipinski definition) is 2. The van der Waals surface area contributed by atoms with Gasteiger partial charge in [0, 0.05) is 6.20 Å². The number of nitriles is 1. The Morgan fingerprint density at radius 2 is 2.12 bits per heavy atom. The summed E-state index contributed by atoms with van der Waals surface area (Å²) >= 11 is 0. The predicted molar refractivity (Wildman–Crippen MR) is 64.0 cm³/mol. The number of rotatable bonds is 2. The van der Waals surface area contributed by atoms with E-state index in [1.807, 2.05) is 19.2 Å². The van der Waals surface area contributed by atoms with E-state index in [-0.39, 0.29) is 0 Å². The lowest BCUT2D eigenvalue weighted by molar-refractivity contribution is 0.354. The van der Waals surface area contributed by atoms with Crippen molar-refractivity contribution < 1.29 is 0 Å². The number of nitrogens with zero attached hydrogens (tertiary/aromatic N) is 2. The van der Waals surface area contributed by atoms with Crippen LogP contribution in [0.25, 0.3) is 0 Å². The average molecular weight is 214 g/mol. The Labute approximate surface area is 97.3 Å². The molecule has 16 heavy (non-hydrogen) atoms. The predicted octanol–water partition coefficient (Wildman–Crippen LogP) is 3.38. The van der Waals surface area contributed by atoms with E-state index in [1.165, 1.54) is 32.1 Å². The summed E-state index contributed by atoms with van der Waals surface area (Å²) in [7, 11) is 0. The van der Waals surface area contributed by atoms with Crippen LogP contribution in [0.2, 0.25) is 0 Å². The molecule has 0 radical (unpaired) electrons. The highest BCUT2D eigenvalue weighted by molar-refractivity contribution is 5.39. The van der Waals surface area contributed by atoms with E-state index in [0.717, 1.165) is 29.2 Å². The fourth-order valence-corrected chi connectivity index (χ4v) is 2.59. The third kappa shape index (κ3) is 2.41. The molecule has 0 N–H and O–H groups in total. The zero-order valence-electron chi connectivity index (χ0n) is 9.87. The highest BCUT2D eigenvalue weighted by atomic mass is 14.7. The molecule has 0 spiro atoms. The maximum atomic E-state index is 9.14. The summed E-state index contributed by atoms with van der Waals surface area (Å²) in [5, 5.41) is 9.14. The van der Waals surface area contributed by atoms with Gasteiger partial charge >= 0.3 is 0 Å². The SMILES string of the molecule is Cc1ccnc(CC2CCCCC2)c1C#N. The first kappa shape index (κ1) is 11.1. The fourth-order valence-electron chi connectivity index (χ4n) is 2.59. The molecule has 1 aliphatic carbocycles. The van der Waals surface area contributed by atoms with E-state index >= 15 is 0 Å². The summed E-state index contributed by atoms with van der Waals surface area (Å²) in [6, 6.07) is 4.21. The van der Waals surface area contributed by atoms with Crippen LogP contribution in [0.15, 0.2) is 12.3 Å². The van der Waals surface area contributed by atoms with Crippen LogP contribution in [-0.4, -0.2) is 4.98 Å². The minimum absolute atomic E-state index is 0.746. The van der Waals surface area contributed by atoms with Gasteiger partial charge in [-0.1, -0.05) is 32.1 Å². The van der Waals surface area contributed by atoms with Crippen molar-refractivity contribution in [3.63, 3.8) is 0 Å². The fraction of sp³-hybridized carbons (Fsp3) is 0.571. The van der Waals surface area contributed by atoms with Crippen LogP contribution >= 0.6 is 0 Å². The summed E-state index contributed by atoms with van der Waals surface area (Å²) in [6.07, 6.45) is 9.50. The van der Waals surface area contributed by atoms with Gasteiger partial charge in [-0.3, -0.25) is 4.98 Å². The molecule has 2 heteroatoms. The van der Waals surface area contributed by atoms with Crippen molar-refractivity contribution in [1.29, 1.82) is 5.26 Å². The smallest absolute Gasteiger partial charge is 0.101 e. The topological polar surface area (TPSA) is 36.7 Å². The average Bonchev–Trinajstić information content (AvgIpc) is 2.31. The second-order valence-corrected chi connectivity index (χ2v) is 4.77. The molecule has 0 atom stereocenters. The van der Waals surface area contributed by atoms with Gasteiger partial charge < -0.3 is 0 Å². The Morgan fingerprint density at radius 1 is 1.38 bits per heavy atom. The van der Waals surface area contributed by atoms with Crippen LogP contribution in [0.5, 0.6) is 0 Å². The summed E-state index contributed by atoms with van der Waals surface area (Å²) in [4.78, 5) is 4.38. The minimum atomic E-state index is 0.746. The second kappa shape index (κ2) is 5.12. The zero-order valence-corrected chi connectivity index (χ0v) is 9.87. The third-order valence-electron chi connectivity index (χ3n) is 3.56.